The van der Waals surface area contributed by atoms with Crippen LogP contribution in [0.3, 0.4) is 0 Å². The molecule has 7 nitrogen and oxygen atoms in total. The average Bonchev–Trinajstić information content (AvgIpc) is 3.38. The molecule has 200 valence electrons. The monoisotopic (exact) mass is 548 g/mol. The SMILES string of the molecule is O=C(O)c1ccc(NC(=O)C(CC2CCCC2)c2ccc(-c3c(OC(F)F)ccc(Cl)c3F)c[n+]2[O-])cc1. The first-order valence-electron chi connectivity index (χ1n) is 11.9. The average molecular weight is 549 g/mol. The fraction of sp³-hybridized carbons (Fsp3) is 0.296. The smallest absolute Gasteiger partial charge is 0.387 e. The number of carboxylic acids is 1. The van der Waals surface area contributed by atoms with Crippen LogP contribution in [0.4, 0.5) is 18.9 Å². The normalized spacial score (nSPS) is 14.4. The first-order valence-corrected chi connectivity index (χ1v) is 12.3. The number of halogens is 4. The van der Waals surface area contributed by atoms with Gasteiger partial charge in [-0.1, -0.05) is 37.3 Å². The zero-order valence-corrected chi connectivity index (χ0v) is 20.8. The third kappa shape index (κ3) is 6.19. The lowest BCUT2D eigenvalue weighted by Crippen LogP contribution is -2.37. The second-order valence-corrected chi connectivity index (χ2v) is 9.50. The van der Waals surface area contributed by atoms with Gasteiger partial charge in [-0.15, -0.1) is 0 Å². The van der Waals surface area contributed by atoms with Crippen molar-refractivity contribution in [2.24, 2.45) is 5.92 Å². The van der Waals surface area contributed by atoms with E-state index >= 15 is 0 Å². The molecular formula is C27H24ClF3N2O5. The topological polar surface area (TPSA) is 103 Å². The number of nitrogens with zero attached hydrogens (tertiary/aromatic N) is 1. The summed E-state index contributed by atoms with van der Waals surface area (Å²) in [5.74, 6) is -3.73. The van der Waals surface area contributed by atoms with E-state index in [4.69, 9.17) is 16.7 Å². The number of benzene rings is 2. The summed E-state index contributed by atoms with van der Waals surface area (Å²) in [6, 6.07) is 10.5. The Morgan fingerprint density at radius 3 is 2.39 bits per heavy atom. The lowest BCUT2D eigenvalue weighted by atomic mass is 9.89. The van der Waals surface area contributed by atoms with Crippen LogP contribution in [0.5, 0.6) is 5.75 Å². The summed E-state index contributed by atoms with van der Waals surface area (Å²) in [6.07, 6.45) is 5.26. The molecule has 38 heavy (non-hydrogen) atoms. The van der Waals surface area contributed by atoms with Crippen molar-refractivity contribution in [3.05, 3.63) is 82.0 Å². The van der Waals surface area contributed by atoms with Crippen molar-refractivity contribution in [3.8, 4) is 16.9 Å². The lowest BCUT2D eigenvalue weighted by molar-refractivity contribution is -0.614. The molecule has 1 amide bonds. The van der Waals surface area contributed by atoms with E-state index in [0.29, 0.717) is 16.8 Å². The van der Waals surface area contributed by atoms with Crippen molar-refractivity contribution in [2.75, 3.05) is 5.32 Å². The number of ether oxygens (including phenoxy) is 1. The number of nitrogens with one attached hydrogen (secondary N) is 1. The Kier molecular flexibility index (Phi) is 8.41. The third-order valence-electron chi connectivity index (χ3n) is 6.62. The van der Waals surface area contributed by atoms with E-state index < -0.39 is 41.5 Å². The number of carboxylic acid groups (broad SMARTS) is 1. The van der Waals surface area contributed by atoms with E-state index in [1.807, 2.05) is 0 Å². The van der Waals surface area contributed by atoms with Crippen LogP contribution in [-0.4, -0.2) is 23.6 Å². The molecule has 1 saturated carbocycles. The van der Waals surface area contributed by atoms with E-state index in [1.165, 1.54) is 36.4 Å². The molecule has 0 aliphatic heterocycles. The molecule has 1 aliphatic carbocycles. The van der Waals surface area contributed by atoms with Crippen molar-refractivity contribution in [2.45, 2.75) is 44.6 Å². The molecule has 0 spiro atoms. The molecule has 0 radical (unpaired) electrons. The number of carbonyl (C=O) groups is 2. The van der Waals surface area contributed by atoms with E-state index in [9.17, 15) is 28.0 Å². The molecule has 1 atom stereocenters. The Labute approximate surface area is 221 Å². The highest BCUT2D eigenvalue weighted by Crippen LogP contribution is 2.38. The zero-order valence-electron chi connectivity index (χ0n) is 20.0. The largest absolute Gasteiger partial charge is 0.618 e. The molecule has 1 aromatic heterocycles. The summed E-state index contributed by atoms with van der Waals surface area (Å²) in [5, 5.41) is 24.6. The number of amides is 1. The lowest BCUT2D eigenvalue weighted by Gasteiger charge is -2.20. The molecule has 4 rings (SSSR count). The minimum absolute atomic E-state index is 0.0521. The first-order chi connectivity index (χ1) is 18.1. The zero-order chi connectivity index (χ0) is 27.4. The summed E-state index contributed by atoms with van der Waals surface area (Å²) in [5.41, 5.74) is 0.0641. The maximum atomic E-state index is 14.8. The molecule has 1 aliphatic rings. The minimum Gasteiger partial charge on any atom is -0.618 e. The Morgan fingerprint density at radius 2 is 1.79 bits per heavy atom. The predicted molar refractivity (Wildman–Crippen MR) is 134 cm³/mol. The quantitative estimate of drug-likeness (QED) is 0.238. The van der Waals surface area contributed by atoms with Crippen molar-refractivity contribution >= 4 is 29.2 Å². The Hall–Kier alpha value is -3.79. The van der Waals surface area contributed by atoms with Crippen molar-refractivity contribution in [1.29, 1.82) is 0 Å². The number of alkyl halides is 2. The molecule has 0 bridgehead atoms. The summed E-state index contributed by atoms with van der Waals surface area (Å²) >= 11 is 5.85. The second kappa shape index (κ2) is 11.7. The molecule has 11 heteroatoms. The van der Waals surface area contributed by atoms with Gasteiger partial charge in [0.1, 0.15) is 11.7 Å². The molecule has 0 saturated heterocycles. The van der Waals surface area contributed by atoms with Crippen LogP contribution < -0.4 is 14.8 Å². The molecule has 2 N–H and O–H groups in total. The van der Waals surface area contributed by atoms with Crippen LogP contribution in [-0.2, 0) is 4.79 Å². The van der Waals surface area contributed by atoms with Gasteiger partial charge in [0.25, 0.3) is 0 Å². The highest BCUT2D eigenvalue weighted by atomic mass is 35.5. The predicted octanol–water partition coefficient (Wildman–Crippen LogP) is 6.38. The van der Waals surface area contributed by atoms with Gasteiger partial charge in [0.15, 0.2) is 12.0 Å². The summed E-state index contributed by atoms with van der Waals surface area (Å²) in [6.45, 7) is -3.22. The molecule has 1 heterocycles. The van der Waals surface area contributed by atoms with Crippen LogP contribution in [0.25, 0.3) is 11.1 Å². The Balaban J connectivity index is 1.67. The van der Waals surface area contributed by atoms with E-state index in [0.717, 1.165) is 44.0 Å². The van der Waals surface area contributed by atoms with E-state index in [-0.39, 0.29) is 27.8 Å². The van der Waals surface area contributed by atoms with Gasteiger partial charge in [-0.3, -0.25) is 4.79 Å². The molecule has 1 unspecified atom stereocenters. The molecule has 2 aromatic carbocycles. The van der Waals surface area contributed by atoms with Gasteiger partial charge in [0, 0.05) is 11.8 Å². The Bertz CT molecular complexity index is 1330. The standard InChI is InChI=1S/C27H24ClF3N2O5/c28-20-10-12-22(38-27(30)31)23(24(20)29)17-7-11-21(33(37)14-17)19(13-15-3-1-2-4-15)25(34)32-18-8-5-16(6-9-18)26(35)36/h5-12,14-15,19,27H,1-4,13H2,(H,32,34)(H,35,36). The summed E-state index contributed by atoms with van der Waals surface area (Å²) < 4.78 is 45.5. The second-order valence-electron chi connectivity index (χ2n) is 9.09. The number of carbonyl (C=O) groups excluding carboxylic acids is 1. The van der Waals surface area contributed by atoms with Crippen LogP contribution in [0.1, 0.15) is 54.1 Å². The number of anilines is 1. The van der Waals surface area contributed by atoms with Gasteiger partial charge in [-0.2, -0.15) is 13.5 Å². The van der Waals surface area contributed by atoms with Gasteiger partial charge in [0.05, 0.1) is 21.7 Å². The van der Waals surface area contributed by atoms with Crippen LogP contribution in [0, 0.1) is 16.9 Å². The van der Waals surface area contributed by atoms with Crippen LogP contribution in [0.2, 0.25) is 5.02 Å². The van der Waals surface area contributed by atoms with Gasteiger partial charge < -0.3 is 20.4 Å². The number of aromatic carboxylic acids is 1. The van der Waals surface area contributed by atoms with Gasteiger partial charge >= 0.3 is 12.6 Å². The van der Waals surface area contributed by atoms with Gasteiger partial charge in [-0.05, 0) is 54.8 Å². The van der Waals surface area contributed by atoms with Crippen molar-refractivity contribution in [1.82, 2.24) is 0 Å². The number of pyridine rings is 1. The number of hydrogen-bond acceptors (Lipinski definition) is 4. The maximum absolute atomic E-state index is 14.8. The number of rotatable bonds is 9. The molecular weight excluding hydrogens is 525 g/mol. The highest BCUT2D eigenvalue weighted by Gasteiger charge is 2.32. The third-order valence-corrected chi connectivity index (χ3v) is 6.91. The summed E-state index contributed by atoms with van der Waals surface area (Å²) in [7, 11) is 0. The highest BCUT2D eigenvalue weighted by molar-refractivity contribution is 6.31. The fourth-order valence-electron chi connectivity index (χ4n) is 4.77. The van der Waals surface area contributed by atoms with Crippen LogP contribution in [0.15, 0.2) is 54.7 Å². The van der Waals surface area contributed by atoms with Gasteiger partial charge in [0.2, 0.25) is 11.6 Å². The van der Waals surface area contributed by atoms with Crippen molar-refractivity contribution in [3.63, 3.8) is 0 Å². The minimum atomic E-state index is -3.22. The van der Waals surface area contributed by atoms with Crippen molar-refractivity contribution < 1.29 is 37.3 Å². The van der Waals surface area contributed by atoms with Crippen LogP contribution >= 0.6 is 11.6 Å². The van der Waals surface area contributed by atoms with Gasteiger partial charge in [-0.25, -0.2) is 9.18 Å². The Morgan fingerprint density at radius 1 is 1.11 bits per heavy atom. The number of aromatic nitrogens is 1. The molecule has 3 aromatic rings. The van der Waals surface area contributed by atoms with E-state index in [2.05, 4.69) is 10.1 Å². The molecule has 1 fully saturated rings. The fourth-order valence-corrected chi connectivity index (χ4v) is 4.93. The maximum Gasteiger partial charge on any atom is 0.387 e. The number of hydrogen-bond donors (Lipinski definition) is 2. The van der Waals surface area contributed by atoms with E-state index in [1.54, 1.807) is 0 Å². The summed E-state index contributed by atoms with van der Waals surface area (Å²) in [4.78, 5) is 24.4. The first kappa shape index (κ1) is 27.3.